The van der Waals surface area contributed by atoms with Gasteiger partial charge in [-0.25, -0.2) is 0 Å². The zero-order chi connectivity index (χ0) is 12.7. The molecule has 1 aromatic carbocycles. The quantitative estimate of drug-likeness (QED) is 0.820. The van der Waals surface area contributed by atoms with Crippen LogP contribution in [0, 0.1) is 0 Å². The van der Waals surface area contributed by atoms with E-state index in [2.05, 4.69) is 0 Å². The van der Waals surface area contributed by atoms with E-state index >= 15 is 0 Å². The monoisotopic (exact) mass is 254 g/mol. The third kappa shape index (κ3) is 1.67. The Morgan fingerprint density at radius 1 is 1.59 bits per heavy atom. The highest BCUT2D eigenvalue weighted by atomic mass is 35.5. The molecule has 0 bridgehead atoms. The molecule has 90 valence electrons. The summed E-state index contributed by atoms with van der Waals surface area (Å²) in [5, 5.41) is 9.94. The highest BCUT2D eigenvalue weighted by Crippen LogP contribution is 2.41. The number of carbonyl (C=O) groups is 2. The minimum atomic E-state index is -1.26. The molecule has 17 heavy (non-hydrogen) atoms. The third-order valence-corrected chi connectivity index (χ3v) is 3.09. The lowest BCUT2D eigenvalue weighted by atomic mass is 10.1. The van der Waals surface area contributed by atoms with Crippen molar-refractivity contribution in [1.82, 2.24) is 0 Å². The van der Waals surface area contributed by atoms with Crippen LogP contribution in [0.15, 0.2) is 12.1 Å². The first-order chi connectivity index (χ1) is 7.97. The van der Waals surface area contributed by atoms with Gasteiger partial charge in [-0.05, 0) is 19.1 Å². The van der Waals surface area contributed by atoms with Gasteiger partial charge in [0.15, 0.2) is 6.10 Å². The van der Waals surface area contributed by atoms with Crippen molar-refractivity contribution < 1.29 is 14.7 Å². The Morgan fingerprint density at radius 2 is 2.24 bits per heavy atom. The van der Waals surface area contributed by atoms with Crippen molar-refractivity contribution in [2.45, 2.75) is 13.0 Å². The normalized spacial score (nSPS) is 18.4. The fourth-order valence-corrected chi connectivity index (χ4v) is 2.27. The molecule has 0 saturated heterocycles. The summed E-state index contributed by atoms with van der Waals surface area (Å²) in [5.41, 5.74) is 6.17. The van der Waals surface area contributed by atoms with Crippen molar-refractivity contribution in [1.29, 1.82) is 0 Å². The minimum Gasteiger partial charge on any atom is -0.378 e. The number of aliphatic hydroxyl groups excluding tert-OH is 1. The summed E-state index contributed by atoms with van der Waals surface area (Å²) < 4.78 is 0. The number of likely N-dealkylation sites (N-methyl/N-ethyl adjacent to an activating group) is 1. The molecule has 0 radical (unpaired) electrons. The van der Waals surface area contributed by atoms with Crippen LogP contribution < -0.4 is 10.6 Å². The second-order valence-corrected chi connectivity index (χ2v) is 4.15. The summed E-state index contributed by atoms with van der Waals surface area (Å²) >= 11 is 5.95. The van der Waals surface area contributed by atoms with E-state index in [0.717, 1.165) is 0 Å². The predicted molar refractivity (Wildman–Crippen MR) is 63.0 cm³/mol. The Morgan fingerprint density at radius 3 is 2.76 bits per heavy atom. The molecule has 1 heterocycles. The van der Waals surface area contributed by atoms with Gasteiger partial charge in [-0.3, -0.25) is 9.59 Å². The topological polar surface area (TPSA) is 83.6 Å². The molecule has 2 amide bonds. The first-order valence-corrected chi connectivity index (χ1v) is 5.47. The fourth-order valence-electron chi connectivity index (χ4n) is 1.96. The van der Waals surface area contributed by atoms with Crippen LogP contribution in [-0.2, 0) is 4.79 Å². The Labute approximate surface area is 103 Å². The average Bonchev–Trinajstić information content (AvgIpc) is 2.51. The second kappa shape index (κ2) is 4.01. The van der Waals surface area contributed by atoms with E-state index in [1.807, 2.05) is 0 Å². The molecule has 0 spiro atoms. The highest BCUT2D eigenvalue weighted by molar-refractivity contribution is 6.33. The van der Waals surface area contributed by atoms with Crippen molar-refractivity contribution in [3.8, 4) is 0 Å². The van der Waals surface area contributed by atoms with E-state index in [-0.39, 0.29) is 10.6 Å². The Balaban J connectivity index is 2.66. The highest BCUT2D eigenvalue weighted by Gasteiger charge is 2.37. The predicted octanol–water partition coefficient (Wildman–Crippen LogP) is 0.839. The number of benzene rings is 1. The SMILES string of the molecule is CCN1C(=O)C(O)c2c(Cl)cc(C(N)=O)cc21. The summed E-state index contributed by atoms with van der Waals surface area (Å²) in [4.78, 5) is 24.2. The molecular weight excluding hydrogens is 244 g/mol. The zero-order valence-electron chi connectivity index (χ0n) is 9.11. The number of fused-ring (bicyclic) bond motifs is 1. The van der Waals surface area contributed by atoms with Crippen LogP contribution in [0.25, 0.3) is 0 Å². The van der Waals surface area contributed by atoms with Crippen LogP contribution in [0.5, 0.6) is 0 Å². The molecule has 3 N–H and O–H groups in total. The molecule has 0 saturated carbocycles. The number of carbonyl (C=O) groups excluding carboxylic acids is 2. The number of nitrogens with two attached hydrogens (primary N) is 1. The molecule has 0 aromatic heterocycles. The largest absolute Gasteiger partial charge is 0.378 e. The molecule has 1 unspecified atom stereocenters. The zero-order valence-corrected chi connectivity index (χ0v) is 9.86. The smallest absolute Gasteiger partial charge is 0.260 e. The van der Waals surface area contributed by atoms with Crippen LogP contribution in [0.3, 0.4) is 0 Å². The van der Waals surface area contributed by atoms with E-state index < -0.39 is 17.9 Å². The van der Waals surface area contributed by atoms with Gasteiger partial charge in [0.1, 0.15) is 0 Å². The van der Waals surface area contributed by atoms with Crippen LogP contribution in [0.4, 0.5) is 5.69 Å². The van der Waals surface area contributed by atoms with Gasteiger partial charge in [0.05, 0.1) is 5.69 Å². The summed E-state index contributed by atoms with van der Waals surface area (Å²) in [6.45, 7) is 2.16. The lowest BCUT2D eigenvalue weighted by Gasteiger charge is -2.14. The van der Waals surface area contributed by atoms with Crippen molar-refractivity contribution in [2.75, 3.05) is 11.4 Å². The summed E-state index contributed by atoms with van der Waals surface area (Å²) in [6, 6.07) is 2.83. The maximum Gasteiger partial charge on any atom is 0.260 e. The number of nitrogens with zero attached hydrogens (tertiary/aromatic N) is 1. The summed E-state index contributed by atoms with van der Waals surface area (Å²) in [6.07, 6.45) is -1.26. The molecule has 1 atom stereocenters. The maximum absolute atomic E-state index is 11.7. The van der Waals surface area contributed by atoms with Gasteiger partial charge in [0.25, 0.3) is 5.91 Å². The molecule has 2 rings (SSSR count). The second-order valence-electron chi connectivity index (χ2n) is 3.74. The lowest BCUT2D eigenvalue weighted by molar-refractivity contribution is -0.125. The molecular formula is C11H11ClN2O3. The van der Waals surface area contributed by atoms with E-state index in [0.29, 0.717) is 17.8 Å². The molecule has 6 heteroatoms. The Kier molecular flexibility index (Phi) is 2.81. The Hall–Kier alpha value is -1.59. The van der Waals surface area contributed by atoms with E-state index in [9.17, 15) is 14.7 Å². The first kappa shape index (κ1) is 11.9. The first-order valence-electron chi connectivity index (χ1n) is 5.10. The summed E-state index contributed by atoms with van der Waals surface area (Å²) in [7, 11) is 0. The van der Waals surface area contributed by atoms with Crippen molar-refractivity contribution in [3.05, 3.63) is 28.3 Å². The standard InChI is InChI=1S/C11H11ClN2O3/c1-2-14-7-4-5(10(13)16)3-6(12)8(7)9(15)11(14)17/h3-4,9,15H,2H2,1H3,(H2,13,16). The maximum atomic E-state index is 11.7. The van der Waals surface area contributed by atoms with Crippen LogP contribution in [0.1, 0.15) is 28.9 Å². The summed E-state index contributed by atoms with van der Waals surface area (Å²) in [5.74, 6) is -1.06. The molecule has 1 aliphatic rings. The van der Waals surface area contributed by atoms with E-state index in [1.54, 1.807) is 6.92 Å². The number of aliphatic hydroxyl groups is 1. The van der Waals surface area contributed by atoms with Crippen molar-refractivity contribution >= 4 is 29.1 Å². The van der Waals surface area contributed by atoms with Gasteiger partial charge in [-0.2, -0.15) is 0 Å². The number of anilines is 1. The van der Waals surface area contributed by atoms with Gasteiger partial charge in [0, 0.05) is 22.7 Å². The van der Waals surface area contributed by atoms with Crippen molar-refractivity contribution in [2.24, 2.45) is 5.73 Å². The van der Waals surface area contributed by atoms with Crippen LogP contribution in [0.2, 0.25) is 5.02 Å². The number of hydrogen-bond donors (Lipinski definition) is 2. The van der Waals surface area contributed by atoms with Crippen LogP contribution in [-0.4, -0.2) is 23.5 Å². The van der Waals surface area contributed by atoms with Gasteiger partial charge < -0.3 is 15.7 Å². The number of halogens is 1. The molecule has 5 nitrogen and oxygen atoms in total. The third-order valence-electron chi connectivity index (χ3n) is 2.77. The molecule has 0 aliphatic carbocycles. The number of amides is 2. The number of hydrogen-bond acceptors (Lipinski definition) is 3. The van der Waals surface area contributed by atoms with Gasteiger partial charge in [-0.1, -0.05) is 11.6 Å². The lowest BCUT2D eigenvalue weighted by Crippen LogP contribution is -2.28. The Bertz CT molecular complexity index is 516. The van der Waals surface area contributed by atoms with Gasteiger partial charge >= 0.3 is 0 Å². The fraction of sp³-hybridized carbons (Fsp3) is 0.273. The van der Waals surface area contributed by atoms with Gasteiger partial charge in [0.2, 0.25) is 5.91 Å². The van der Waals surface area contributed by atoms with Crippen molar-refractivity contribution in [3.63, 3.8) is 0 Å². The van der Waals surface area contributed by atoms with Gasteiger partial charge in [-0.15, -0.1) is 0 Å². The van der Waals surface area contributed by atoms with E-state index in [4.69, 9.17) is 17.3 Å². The minimum absolute atomic E-state index is 0.174. The van der Waals surface area contributed by atoms with Crippen LogP contribution >= 0.6 is 11.6 Å². The van der Waals surface area contributed by atoms with E-state index in [1.165, 1.54) is 17.0 Å². The molecule has 1 aromatic rings. The number of primary amides is 1. The molecule has 1 aliphatic heterocycles. The molecule has 0 fully saturated rings. The average molecular weight is 255 g/mol. The number of rotatable bonds is 2.